The summed E-state index contributed by atoms with van der Waals surface area (Å²) in [5.41, 5.74) is 12.2. The number of aryl methyl sites for hydroxylation is 1. The first-order valence-electron chi connectivity index (χ1n) is 36.2. The minimum atomic E-state index is -2.39. The van der Waals surface area contributed by atoms with Gasteiger partial charge in [-0.3, -0.25) is 0 Å². The summed E-state index contributed by atoms with van der Waals surface area (Å²) in [6, 6.07) is 64.8. The van der Waals surface area contributed by atoms with Gasteiger partial charge in [0, 0.05) is 54.1 Å². The van der Waals surface area contributed by atoms with E-state index in [2.05, 4.69) is 35.2 Å². The quantitative estimate of drug-likeness (QED) is 0.142. The van der Waals surface area contributed by atoms with Crippen LogP contribution in [-0.2, 0) is 0 Å². The fraction of sp³-hybridized carbons (Fsp3) is 0.0125. The Balaban J connectivity index is 1.08. The van der Waals surface area contributed by atoms with Gasteiger partial charge in [-0.2, -0.15) is 5.26 Å². The van der Waals surface area contributed by atoms with Crippen molar-refractivity contribution < 1.29 is 21.9 Å². The van der Waals surface area contributed by atoms with E-state index in [9.17, 15) is 16.2 Å². The molecule has 400 valence electrons. The Bertz CT molecular complexity index is 5990. The lowest BCUT2D eigenvalue weighted by Crippen LogP contribution is -2.61. The van der Waals surface area contributed by atoms with E-state index in [0.717, 1.165) is 49.5 Å². The zero-order valence-corrected chi connectivity index (χ0v) is 45.6. The second-order valence-corrected chi connectivity index (χ2v) is 21.6. The molecular weight excluding hydrogens is 1040 g/mol. The van der Waals surface area contributed by atoms with E-state index in [4.69, 9.17) is 11.0 Å². The van der Waals surface area contributed by atoms with Gasteiger partial charge >= 0.3 is 0 Å². The topological polar surface area (TPSA) is 40.1 Å². The van der Waals surface area contributed by atoms with E-state index in [1.807, 2.05) is 161 Å². The second-order valence-electron chi connectivity index (χ2n) is 21.6. The molecule has 17 rings (SSSR count). The van der Waals surface area contributed by atoms with Crippen molar-refractivity contribution in [1.82, 2.24) is 9.13 Å². The van der Waals surface area contributed by atoms with Gasteiger partial charge in [-0.15, -0.1) is 0 Å². The number of aromatic nitrogens is 2. The molecule has 2 aliphatic rings. The molecule has 4 heterocycles. The minimum absolute atomic E-state index is 0.0948. The summed E-state index contributed by atoms with van der Waals surface area (Å²) >= 11 is 0. The SMILES string of the molecule is [2H]c1c([2H])c([2H])c(-c2ccc3c(c2)N(c2cccc(-n4c5ccccc5c5ccccc54)c2C#N)c2cc(-n4c5c([2H])c([2H])c([2H])c([2H])c5c5c([2H])c([2H])c([2H])c([2H])c54)cc4c2B3c2cc(-c3ccc(C([2H])([2H])[2H])cc3)ccc2N4c2cc(-c3ccccc3)cc(-c3ccccc3)c2)c([2H])c1[2H]. The zero-order chi connectivity index (χ0) is 70.8. The van der Waals surface area contributed by atoms with Crippen LogP contribution in [0.2, 0.25) is 0 Å². The molecule has 13 aromatic carbocycles. The monoisotopic (exact) mass is 1110 g/mol. The summed E-state index contributed by atoms with van der Waals surface area (Å²) in [6.07, 6.45) is 0. The van der Waals surface area contributed by atoms with Gasteiger partial charge in [0.1, 0.15) is 11.6 Å². The Morgan fingerprint density at radius 2 is 0.907 bits per heavy atom. The van der Waals surface area contributed by atoms with Gasteiger partial charge in [0.05, 0.1) is 56.9 Å². The van der Waals surface area contributed by atoms with Gasteiger partial charge < -0.3 is 18.9 Å². The predicted molar refractivity (Wildman–Crippen MR) is 360 cm³/mol. The molecule has 0 N–H and O–H groups in total. The molecule has 2 aromatic heterocycles. The third kappa shape index (κ3) is 7.65. The highest BCUT2D eigenvalue weighted by atomic mass is 15.2. The molecule has 0 saturated carbocycles. The molecule has 0 bridgehead atoms. The number of hydrogen-bond donors (Lipinski definition) is 0. The van der Waals surface area contributed by atoms with Crippen molar-refractivity contribution in [1.29, 1.82) is 5.26 Å². The number of benzene rings is 13. The molecule has 0 fully saturated rings. The van der Waals surface area contributed by atoms with Crippen molar-refractivity contribution in [3.8, 4) is 62.0 Å². The third-order valence-electron chi connectivity index (χ3n) is 16.9. The van der Waals surface area contributed by atoms with Crippen molar-refractivity contribution in [3.05, 3.63) is 308 Å². The summed E-state index contributed by atoms with van der Waals surface area (Å²) in [5, 5.41) is 13.8. The summed E-state index contributed by atoms with van der Waals surface area (Å²) in [4.78, 5) is 4.04. The van der Waals surface area contributed by atoms with Crippen LogP contribution in [0.15, 0.2) is 297 Å². The molecule has 0 unspecified atom stereocenters. The van der Waals surface area contributed by atoms with Crippen LogP contribution in [-0.4, -0.2) is 15.8 Å². The number of nitriles is 1. The number of fused-ring (bicyclic) bond motifs is 10. The molecule has 0 radical (unpaired) electrons. The summed E-state index contributed by atoms with van der Waals surface area (Å²) in [7, 11) is 0. The van der Waals surface area contributed by atoms with E-state index in [1.54, 1.807) is 42.5 Å². The van der Waals surface area contributed by atoms with E-state index < -0.39 is 92.1 Å². The standard InChI is InChI=1S/C80H52BN5/c1-52-36-38-56(39-37-52)57-41-43-76-69(47-57)81-68-42-40-58(53-20-5-2-6-21-53)48-77(68)86(75-35-19-34-74(67(75)51-82)85-72-32-17-13-28-65(72)66-29-14-18-33-73(66)85)79-50-62(83-70-30-15-11-26-63(70)64-27-12-16-31-71(64)83)49-78(80(79)81)84(76)61-45-59(54-22-7-3-8-23-54)44-60(46-61)55-24-9-4-10-25-55/h2-50H,1H3/i1D3,2D,5D,6D,11D,12D,15D,16D,20D,21D,26D,27D,30D,31D. The molecule has 15 aromatic rings. The first-order chi connectivity index (χ1) is 49.1. The van der Waals surface area contributed by atoms with Gasteiger partial charge in [-0.25, -0.2) is 0 Å². The normalized spacial score (nSPS) is 15.2. The Hall–Kier alpha value is -11.4. The van der Waals surface area contributed by atoms with Crippen molar-refractivity contribution >= 4 is 101 Å². The van der Waals surface area contributed by atoms with Crippen LogP contribution in [0.1, 0.15) is 33.1 Å². The van der Waals surface area contributed by atoms with Crippen LogP contribution in [0, 0.1) is 18.2 Å². The lowest BCUT2D eigenvalue weighted by molar-refractivity contribution is 1.14. The average molecular weight is 1110 g/mol. The largest absolute Gasteiger partial charge is 0.311 e. The number of hydrogen-bond acceptors (Lipinski definition) is 3. The van der Waals surface area contributed by atoms with Crippen LogP contribution in [0.25, 0.3) is 99.5 Å². The Kier molecular flexibility index (Phi) is 8.12. The van der Waals surface area contributed by atoms with E-state index >= 15 is 0 Å². The van der Waals surface area contributed by atoms with Crippen molar-refractivity contribution in [2.45, 2.75) is 6.85 Å². The van der Waals surface area contributed by atoms with Gasteiger partial charge in [0.2, 0.25) is 0 Å². The Morgan fingerprint density at radius 3 is 1.56 bits per heavy atom. The fourth-order valence-corrected chi connectivity index (χ4v) is 13.3. The third-order valence-corrected chi connectivity index (χ3v) is 16.9. The summed E-state index contributed by atoms with van der Waals surface area (Å²) < 4.78 is 149. The molecule has 0 atom stereocenters. The fourth-order valence-electron chi connectivity index (χ4n) is 13.3. The summed E-state index contributed by atoms with van der Waals surface area (Å²) in [5.74, 6) is 0. The van der Waals surface area contributed by atoms with Crippen molar-refractivity contribution in [2.24, 2.45) is 0 Å². The van der Waals surface area contributed by atoms with E-state index in [-0.39, 0.29) is 49.7 Å². The zero-order valence-electron chi connectivity index (χ0n) is 61.6. The molecular formula is C80H52BN5. The molecule has 6 heteroatoms. The number of rotatable bonds is 8. The van der Waals surface area contributed by atoms with E-state index in [1.165, 1.54) is 4.57 Å². The highest BCUT2D eigenvalue weighted by Crippen LogP contribution is 2.50. The van der Waals surface area contributed by atoms with Crippen LogP contribution < -0.4 is 26.2 Å². The number of nitrogens with zero attached hydrogens (tertiary/aromatic N) is 5. The van der Waals surface area contributed by atoms with Crippen molar-refractivity contribution in [2.75, 3.05) is 9.80 Å². The summed E-state index contributed by atoms with van der Waals surface area (Å²) in [6.45, 7) is -3.21. The highest BCUT2D eigenvalue weighted by molar-refractivity contribution is 7.00. The second kappa shape index (κ2) is 19.6. The van der Waals surface area contributed by atoms with E-state index in [0.29, 0.717) is 61.9 Å². The minimum Gasteiger partial charge on any atom is -0.311 e. The van der Waals surface area contributed by atoms with Crippen LogP contribution >= 0.6 is 0 Å². The maximum absolute atomic E-state index is 12.3. The van der Waals surface area contributed by atoms with Crippen molar-refractivity contribution in [3.63, 3.8) is 0 Å². The molecule has 0 amide bonds. The van der Waals surface area contributed by atoms with Gasteiger partial charge in [-0.1, -0.05) is 224 Å². The number of para-hydroxylation sites is 4. The molecule has 2 aliphatic heterocycles. The molecule has 0 aliphatic carbocycles. The average Bonchev–Trinajstić information content (AvgIpc) is 1.08. The van der Waals surface area contributed by atoms with Crippen LogP contribution in [0.4, 0.5) is 34.1 Å². The Morgan fingerprint density at radius 1 is 0.349 bits per heavy atom. The molecule has 86 heavy (non-hydrogen) atoms. The lowest BCUT2D eigenvalue weighted by Gasteiger charge is -2.45. The lowest BCUT2D eigenvalue weighted by atomic mass is 9.33. The highest BCUT2D eigenvalue weighted by Gasteiger charge is 2.45. The molecule has 0 saturated heterocycles. The van der Waals surface area contributed by atoms with Crippen LogP contribution in [0.5, 0.6) is 0 Å². The van der Waals surface area contributed by atoms with Crippen LogP contribution in [0.3, 0.4) is 0 Å². The predicted octanol–water partition coefficient (Wildman–Crippen LogP) is 18.8. The maximum Gasteiger partial charge on any atom is 0.252 e. The number of anilines is 6. The first-order valence-corrected chi connectivity index (χ1v) is 28.2. The molecule has 5 nitrogen and oxygen atoms in total. The van der Waals surface area contributed by atoms with Gasteiger partial charge in [0.15, 0.2) is 0 Å². The van der Waals surface area contributed by atoms with Gasteiger partial charge in [0.25, 0.3) is 6.71 Å². The molecule has 0 spiro atoms. The first kappa shape index (κ1) is 35.6. The van der Waals surface area contributed by atoms with Gasteiger partial charge in [-0.05, 0) is 147 Å². The maximum atomic E-state index is 12.3. The Labute approximate surface area is 522 Å². The smallest absolute Gasteiger partial charge is 0.252 e.